The van der Waals surface area contributed by atoms with E-state index in [-0.39, 0.29) is 6.61 Å². The molecule has 0 aliphatic rings. The minimum Gasteiger partial charge on any atom is -0.495 e. The molecule has 0 saturated carbocycles. The predicted octanol–water partition coefficient (Wildman–Crippen LogP) is 2.80. The normalized spacial score (nSPS) is 9.74. The van der Waals surface area contributed by atoms with Gasteiger partial charge in [0.2, 0.25) is 0 Å². The molecule has 19 heavy (non-hydrogen) atoms. The number of aliphatic hydroxyl groups is 1. The third kappa shape index (κ3) is 2.84. The number of nitrogens with zero attached hydrogens (tertiary/aromatic N) is 1. The SMILES string of the molecule is COc1cccc(C#N)c1Nc1cccc(CO)c1. The summed E-state index contributed by atoms with van der Waals surface area (Å²) in [6.45, 7) is -0.0213. The molecule has 0 amide bonds. The van der Waals surface area contributed by atoms with Crippen molar-refractivity contribution in [2.45, 2.75) is 6.61 Å². The van der Waals surface area contributed by atoms with Crippen LogP contribution in [-0.4, -0.2) is 12.2 Å². The number of benzene rings is 2. The van der Waals surface area contributed by atoms with Crippen LogP contribution in [0.2, 0.25) is 0 Å². The van der Waals surface area contributed by atoms with Gasteiger partial charge in [-0.25, -0.2) is 0 Å². The molecule has 0 radical (unpaired) electrons. The molecule has 0 fully saturated rings. The molecular weight excluding hydrogens is 240 g/mol. The second-order valence-electron chi connectivity index (χ2n) is 3.98. The Kier molecular flexibility index (Phi) is 4.01. The van der Waals surface area contributed by atoms with Crippen molar-refractivity contribution in [3.8, 4) is 11.8 Å². The number of ether oxygens (including phenoxy) is 1. The van der Waals surface area contributed by atoms with Crippen LogP contribution in [0.3, 0.4) is 0 Å². The van der Waals surface area contributed by atoms with E-state index >= 15 is 0 Å². The molecule has 4 heteroatoms. The van der Waals surface area contributed by atoms with Crippen molar-refractivity contribution in [2.24, 2.45) is 0 Å². The van der Waals surface area contributed by atoms with E-state index in [1.807, 2.05) is 24.3 Å². The molecule has 0 heterocycles. The highest BCUT2D eigenvalue weighted by molar-refractivity contribution is 5.73. The van der Waals surface area contributed by atoms with Gasteiger partial charge < -0.3 is 15.2 Å². The molecular formula is C15H14N2O2. The third-order valence-corrected chi connectivity index (χ3v) is 2.75. The van der Waals surface area contributed by atoms with E-state index < -0.39 is 0 Å². The number of hydrogen-bond acceptors (Lipinski definition) is 4. The van der Waals surface area contributed by atoms with Gasteiger partial charge in [0, 0.05) is 5.69 Å². The zero-order valence-corrected chi connectivity index (χ0v) is 10.6. The Bertz CT molecular complexity index is 618. The summed E-state index contributed by atoms with van der Waals surface area (Å²) in [6, 6.07) is 14.8. The van der Waals surface area contributed by atoms with E-state index in [4.69, 9.17) is 15.1 Å². The van der Waals surface area contributed by atoms with Crippen LogP contribution in [0, 0.1) is 11.3 Å². The fourth-order valence-corrected chi connectivity index (χ4v) is 1.82. The van der Waals surface area contributed by atoms with E-state index in [2.05, 4.69) is 11.4 Å². The summed E-state index contributed by atoms with van der Waals surface area (Å²) in [4.78, 5) is 0. The summed E-state index contributed by atoms with van der Waals surface area (Å²) in [5.41, 5.74) is 2.74. The van der Waals surface area contributed by atoms with Crippen molar-refractivity contribution < 1.29 is 9.84 Å². The maximum Gasteiger partial charge on any atom is 0.143 e. The van der Waals surface area contributed by atoms with Gasteiger partial charge in [0.1, 0.15) is 11.8 Å². The van der Waals surface area contributed by atoms with Gasteiger partial charge in [0.25, 0.3) is 0 Å². The van der Waals surface area contributed by atoms with Gasteiger partial charge in [-0.05, 0) is 29.8 Å². The molecule has 0 aliphatic carbocycles. The highest BCUT2D eigenvalue weighted by Gasteiger charge is 2.09. The number of nitriles is 1. The van der Waals surface area contributed by atoms with Gasteiger partial charge in [0.05, 0.1) is 25.0 Å². The molecule has 2 aromatic rings. The topological polar surface area (TPSA) is 65.3 Å². The highest BCUT2D eigenvalue weighted by atomic mass is 16.5. The summed E-state index contributed by atoms with van der Waals surface area (Å²) < 4.78 is 5.25. The number of anilines is 2. The van der Waals surface area contributed by atoms with E-state index in [9.17, 15) is 0 Å². The van der Waals surface area contributed by atoms with Crippen molar-refractivity contribution in [3.05, 3.63) is 53.6 Å². The molecule has 2 N–H and O–H groups in total. The second-order valence-corrected chi connectivity index (χ2v) is 3.98. The largest absolute Gasteiger partial charge is 0.495 e. The Labute approximate surface area is 111 Å². The highest BCUT2D eigenvalue weighted by Crippen LogP contribution is 2.31. The van der Waals surface area contributed by atoms with Gasteiger partial charge in [-0.2, -0.15) is 5.26 Å². The lowest BCUT2D eigenvalue weighted by atomic mass is 10.1. The average Bonchev–Trinajstić information content (AvgIpc) is 2.47. The first kappa shape index (κ1) is 12.9. The summed E-state index contributed by atoms with van der Waals surface area (Å²) in [5.74, 6) is 0.605. The molecule has 0 unspecified atom stereocenters. The van der Waals surface area contributed by atoms with Crippen LogP contribution in [0.1, 0.15) is 11.1 Å². The molecule has 0 atom stereocenters. The maximum atomic E-state index is 9.13. The van der Waals surface area contributed by atoms with E-state index in [1.54, 1.807) is 25.3 Å². The molecule has 0 saturated heterocycles. The Morgan fingerprint density at radius 1 is 1.26 bits per heavy atom. The standard InChI is InChI=1S/C15H14N2O2/c1-19-14-7-3-5-12(9-16)15(14)17-13-6-2-4-11(8-13)10-18/h2-8,17-18H,10H2,1H3. The first-order valence-electron chi connectivity index (χ1n) is 5.82. The maximum absolute atomic E-state index is 9.13. The van der Waals surface area contributed by atoms with E-state index in [1.165, 1.54) is 0 Å². The molecule has 2 rings (SSSR count). The molecule has 0 spiro atoms. The quantitative estimate of drug-likeness (QED) is 0.880. The van der Waals surface area contributed by atoms with Crippen molar-refractivity contribution in [1.29, 1.82) is 5.26 Å². The summed E-state index contributed by atoms with van der Waals surface area (Å²) in [6.07, 6.45) is 0. The minimum atomic E-state index is -0.0213. The lowest BCUT2D eigenvalue weighted by molar-refractivity contribution is 0.282. The van der Waals surface area contributed by atoms with Crippen molar-refractivity contribution in [2.75, 3.05) is 12.4 Å². The lowest BCUT2D eigenvalue weighted by Gasteiger charge is -2.13. The van der Waals surface area contributed by atoms with Gasteiger partial charge in [0.15, 0.2) is 0 Å². The number of methoxy groups -OCH3 is 1. The van der Waals surface area contributed by atoms with Crippen LogP contribution in [0.25, 0.3) is 0 Å². The van der Waals surface area contributed by atoms with E-state index in [0.29, 0.717) is 17.0 Å². The predicted molar refractivity (Wildman–Crippen MR) is 73.4 cm³/mol. The lowest BCUT2D eigenvalue weighted by Crippen LogP contribution is -1.98. The van der Waals surface area contributed by atoms with Crippen LogP contribution in [0.4, 0.5) is 11.4 Å². The fourth-order valence-electron chi connectivity index (χ4n) is 1.82. The van der Waals surface area contributed by atoms with Crippen LogP contribution in [0.15, 0.2) is 42.5 Å². The Hall–Kier alpha value is -2.51. The Morgan fingerprint density at radius 3 is 2.74 bits per heavy atom. The first-order chi connectivity index (χ1) is 9.28. The second kappa shape index (κ2) is 5.89. The Balaban J connectivity index is 2.39. The summed E-state index contributed by atoms with van der Waals surface area (Å²) in [5, 5.41) is 21.4. The molecule has 2 aromatic carbocycles. The van der Waals surface area contributed by atoms with Crippen LogP contribution in [0.5, 0.6) is 5.75 Å². The number of rotatable bonds is 4. The molecule has 4 nitrogen and oxygen atoms in total. The number of hydrogen-bond donors (Lipinski definition) is 2. The van der Waals surface area contributed by atoms with Gasteiger partial charge in [-0.1, -0.05) is 18.2 Å². The monoisotopic (exact) mass is 254 g/mol. The number of para-hydroxylation sites is 1. The zero-order chi connectivity index (χ0) is 13.7. The number of nitrogens with one attached hydrogen (secondary N) is 1. The minimum absolute atomic E-state index is 0.0213. The van der Waals surface area contributed by atoms with Crippen LogP contribution < -0.4 is 10.1 Å². The van der Waals surface area contributed by atoms with Gasteiger partial charge in [-0.15, -0.1) is 0 Å². The Morgan fingerprint density at radius 2 is 2.05 bits per heavy atom. The van der Waals surface area contributed by atoms with Crippen molar-refractivity contribution in [1.82, 2.24) is 0 Å². The third-order valence-electron chi connectivity index (χ3n) is 2.75. The number of aliphatic hydroxyl groups excluding tert-OH is 1. The van der Waals surface area contributed by atoms with Crippen LogP contribution in [-0.2, 0) is 6.61 Å². The molecule has 0 aromatic heterocycles. The summed E-state index contributed by atoms with van der Waals surface area (Å²) >= 11 is 0. The van der Waals surface area contributed by atoms with E-state index in [0.717, 1.165) is 11.3 Å². The molecule has 0 bridgehead atoms. The van der Waals surface area contributed by atoms with Crippen molar-refractivity contribution in [3.63, 3.8) is 0 Å². The van der Waals surface area contributed by atoms with Crippen molar-refractivity contribution >= 4 is 11.4 Å². The molecule has 96 valence electrons. The first-order valence-corrected chi connectivity index (χ1v) is 5.82. The van der Waals surface area contributed by atoms with Crippen LogP contribution >= 0.6 is 0 Å². The smallest absolute Gasteiger partial charge is 0.143 e. The molecule has 0 aliphatic heterocycles. The fraction of sp³-hybridized carbons (Fsp3) is 0.133. The zero-order valence-electron chi connectivity index (χ0n) is 10.6. The van der Waals surface area contributed by atoms with Gasteiger partial charge >= 0.3 is 0 Å². The summed E-state index contributed by atoms with van der Waals surface area (Å²) in [7, 11) is 1.56. The van der Waals surface area contributed by atoms with Gasteiger partial charge in [-0.3, -0.25) is 0 Å². The average molecular weight is 254 g/mol.